The summed E-state index contributed by atoms with van der Waals surface area (Å²) in [6.45, 7) is 7.96. The number of anilines is 2. The summed E-state index contributed by atoms with van der Waals surface area (Å²) in [4.78, 5) is 16.2. The molecule has 0 spiro atoms. The molecule has 3 aliphatic rings. The quantitative estimate of drug-likeness (QED) is 0.595. The molecule has 180 valence electrons. The van der Waals surface area contributed by atoms with Crippen LogP contribution in [0.15, 0.2) is 36.9 Å². The third-order valence-electron chi connectivity index (χ3n) is 7.43. The second kappa shape index (κ2) is 8.18. The minimum Gasteiger partial charge on any atom is -0.396 e. The van der Waals surface area contributed by atoms with Gasteiger partial charge >= 0.3 is 0 Å². The summed E-state index contributed by atoms with van der Waals surface area (Å²) in [6.07, 6.45) is 4.94. The molecule has 6 rings (SSSR count). The predicted molar refractivity (Wildman–Crippen MR) is 129 cm³/mol. The van der Waals surface area contributed by atoms with E-state index in [-0.39, 0.29) is 36.8 Å². The fourth-order valence-corrected chi connectivity index (χ4v) is 5.77. The largest absolute Gasteiger partial charge is 0.396 e. The highest BCUT2D eigenvalue weighted by atomic mass is 16.8. The van der Waals surface area contributed by atoms with Gasteiger partial charge in [0.1, 0.15) is 17.9 Å². The first-order valence-electron chi connectivity index (χ1n) is 12.1. The zero-order chi connectivity index (χ0) is 23.4. The molecular formula is C25H32N6O3. The number of nitrogens with one attached hydrogen (secondary N) is 1. The van der Waals surface area contributed by atoms with Crippen molar-refractivity contribution >= 4 is 22.7 Å². The minimum atomic E-state index is -0.661. The Labute approximate surface area is 199 Å². The van der Waals surface area contributed by atoms with E-state index >= 15 is 0 Å². The number of nitrogens with zero attached hydrogens (tertiary/aromatic N) is 5. The van der Waals surface area contributed by atoms with Gasteiger partial charge in [0.15, 0.2) is 17.3 Å². The van der Waals surface area contributed by atoms with E-state index < -0.39 is 5.79 Å². The summed E-state index contributed by atoms with van der Waals surface area (Å²) in [7, 11) is 0. The van der Waals surface area contributed by atoms with Crippen LogP contribution in [-0.4, -0.2) is 68.4 Å². The van der Waals surface area contributed by atoms with Crippen molar-refractivity contribution in [2.75, 3.05) is 29.9 Å². The van der Waals surface area contributed by atoms with E-state index in [0.29, 0.717) is 0 Å². The maximum absolute atomic E-state index is 9.93. The number of aliphatic hydroxyl groups is 1. The number of aliphatic hydroxyl groups excluding tert-OH is 1. The lowest BCUT2D eigenvalue weighted by Crippen LogP contribution is -2.27. The van der Waals surface area contributed by atoms with Crippen LogP contribution in [0.3, 0.4) is 0 Å². The number of benzene rings is 1. The Hall–Kier alpha value is -2.75. The SMILES string of the molecule is Cc1ccc(N2CCC(Nc3ncnc4c3ncn4C3CC(CO)C4OC(C)(C)OC43)C2)cc1. The van der Waals surface area contributed by atoms with Gasteiger partial charge in [0.2, 0.25) is 0 Å². The fraction of sp³-hybridized carbons (Fsp3) is 0.560. The van der Waals surface area contributed by atoms with E-state index in [4.69, 9.17) is 14.5 Å². The van der Waals surface area contributed by atoms with Gasteiger partial charge < -0.3 is 29.4 Å². The number of hydrogen-bond acceptors (Lipinski definition) is 8. The molecule has 9 nitrogen and oxygen atoms in total. The smallest absolute Gasteiger partial charge is 0.165 e. The van der Waals surface area contributed by atoms with Crippen LogP contribution in [0, 0.1) is 12.8 Å². The van der Waals surface area contributed by atoms with Crippen molar-refractivity contribution in [3.05, 3.63) is 42.5 Å². The van der Waals surface area contributed by atoms with Crippen LogP contribution >= 0.6 is 0 Å². The zero-order valence-corrected chi connectivity index (χ0v) is 19.9. The van der Waals surface area contributed by atoms with Crippen molar-refractivity contribution in [3.63, 3.8) is 0 Å². The summed E-state index contributed by atoms with van der Waals surface area (Å²) < 4.78 is 14.4. The topological polar surface area (TPSA) is 97.6 Å². The lowest BCUT2D eigenvalue weighted by atomic mass is 10.1. The maximum Gasteiger partial charge on any atom is 0.165 e. The molecule has 2 aliphatic heterocycles. The van der Waals surface area contributed by atoms with Gasteiger partial charge in [-0.2, -0.15) is 0 Å². The van der Waals surface area contributed by atoms with E-state index in [2.05, 4.69) is 55.9 Å². The third-order valence-corrected chi connectivity index (χ3v) is 7.43. The minimum absolute atomic E-state index is 0.000171. The van der Waals surface area contributed by atoms with Gasteiger partial charge in [0.25, 0.3) is 0 Å². The molecular weight excluding hydrogens is 432 g/mol. The molecule has 2 saturated heterocycles. The third kappa shape index (κ3) is 3.72. The van der Waals surface area contributed by atoms with Crippen LogP contribution in [0.1, 0.15) is 38.3 Å². The number of rotatable bonds is 5. The van der Waals surface area contributed by atoms with Gasteiger partial charge in [-0.25, -0.2) is 15.0 Å². The van der Waals surface area contributed by atoms with Crippen molar-refractivity contribution in [1.82, 2.24) is 19.5 Å². The predicted octanol–water partition coefficient (Wildman–Crippen LogP) is 2.90. The molecule has 1 aromatic carbocycles. The first kappa shape index (κ1) is 21.8. The number of hydrogen-bond donors (Lipinski definition) is 2. The lowest BCUT2D eigenvalue weighted by molar-refractivity contribution is -0.161. The number of aromatic nitrogens is 4. The summed E-state index contributed by atoms with van der Waals surface area (Å²) in [6, 6.07) is 8.98. The second-order valence-corrected chi connectivity index (χ2v) is 10.3. The summed E-state index contributed by atoms with van der Waals surface area (Å²) >= 11 is 0. The van der Waals surface area contributed by atoms with E-state index in [0.717, 1.165) is 42.9 Å². The fourth-order valence-electron chi connectivity index (χ4n) is 5.77. The van der Waals surface area contributed by atoms with Gasteiger partial charge in [0, 0.05) is 37.3 Å². The Morgan fingerprint density at radius 1 is 1.12 bits per heavy atom. The van der Waals surface area contributed by atoms with E-state index in [1.165, 1.54) is 11.3 Å². The Morgan fingerprint density at radius 3 is 2.71 bits per heavy atom. The van der Waals surface area contributed by atoms with Crippen LogP contribution < -0.4 is 10.2 Å². The Bertz CT molecular complexity index is 1180. The number of aryl methyl sites for hydroxylation is 1. The molecule has 3 aromatic rings. The highest BCUT2D eigenvalue weighted by Gasteiger charge is 2.54. The number of ether oxygens (including phenoxy) is 2. The van der Waals surface area contributed by atoms with Gasteiger partial charge in [-0.05, 0) is 45.7 Å². The lowest BCUT2D eigenvalue weighted by Gasteiger charge is -2.23. The van der Waals surface area contributed by atoms with Crippen molar-refractivity contribution in [2.45, 2.75) is 63.7 Å². The van der Waals surface area contributed by atoms with Crippen molar-refractivity contribution in [1.29, 1.82) is 0 Å². The zero-order valence-electron chi connectivity index (χ0n) is 19.9. The second-order valence-electron chi connectivity index (χ2n) is 10.3. The average molecular weight is 465 g/mol. The van der Waals surface area contributed by atoms with Gasteiger partial charge in [-0.15, -0.1) is 0 Å². The summed E-state index contributed by atoms with van der Waals surface area (Å²) in [5, 5.41) is 13.5. The van der Waals surface area contributed by atoms with Gasteiger partial charge in [0.05, 0.1) is 18.5 Å². The van der Waals surface area contributed by atoms with Gasteiger partial charge in [-0.1, -0.05) is 17.7 Å². The Kier molecular flexibility index (Phi) is 5.24. The number of fused-ring (bicyclic) bond motifs is 2. The molecule has 34 heavy (non-hydrogen) atoms. The first-order chi connectivity index (χ1) is 16.4. The van der Waals surface area contributed by atoms with E-state index in [1.54, 1.807) is 6.33 Å². The summed E-state index contributed by atoms with van der Waals surface area (Å²) in [5.74, 6) is 0.127. The Morgan fingerprint density at radius 2 is 1.91 bits per heavy atom. The first-order valence-corrected chi connectivity index (χ1v) is 12.1. The molecule has 5 atom stereocenters. The van der Waals surface area contributed by atoms with Crippen LogP contribution in [0.25, 0.3) is 11.2 Å². The molecule has 0 amide bonds. The molecule has 1 saturated carbocycles. The van der Waals surface area contributed by atoms with E-state index in [9.17, 15) is 5.11 Å². The normalized spacial score (nSPS) is 30.2. The maximum atomic E-state index is 9.93. The van der Waals surface area contributed by atoms with Crippen LogP contribution in [0.2, 0.25) is 0 Å². The molecule has 0 bridgehead atoms. The van der Waals surface area contributed by atoms with Crippen molar-refractivity contribution < 1.29 is 14.6 Å². The number of imidazole rings is 1. The highest BCUT2D eigenvalue weighted by Crippen LogP contribution is 2.47. The molecule has 2 N–H and O–H groups in total. The average Bonchev–Trinajstić information content (AvgIpc) is 3.57. The standard InChI is InChI=1S/C25H32N6O3/c1-15-4-6-18(7-5-15)30-9-8-17(11-30)29-23-20-24(27-13-26-23)31(14-28-20)19-10-16(12-32)21-22(19)34-25(2,3)33-21/h4-7,13-14,16-17,19,21-22,32H,8-12H2,1-3H3,(H,26,27,29). The molecule has 5 unspecified atom stereocenters. The van der Waals surface area contributed by atoms with Crippen LogP contribution in [0.5, 0.6) is 0 Å². The Balaban J connectivity index is 1.23. The molecule has 0 radical (unpaired) electrons. The highest BCUT2D eigenvalue weighted by molar-refractivity contribution is 5.83. The summed E-state index contributed by atoms with van der Waals surface area (Å²) in [5.41, 5.74) is 4.07. The molecule has 4 heterocycles. The molecule has 3 fully saturated rings. The van der Waals surface area contributed by atoms with Crippen molar-refractivity contribution in [2.24, 2.45) is 5.92 Å². The monoisotopic (exact) mass is 464 g/mol. The molecule has 1 aliphatic carbocycles. The van der Waals surface area contributed by atoms with Crippen molar-refractivity contribution in [3.8, 4) is 0 Å². The van der Waals surface area contributed by atoms with Crippen LogP contribution in [0.4, 0.5) is 11.5 Å². The van der Waals surface area contributed by atoms with E-state index in [1.807, 2.05) is 20.2 Å². The molecule has 9 heteroatoms. The van der Waals surface area contributed by atoms with Crippen LogP contribution in [-0.2, 0) is 9.47 Å². The van der Waals surface area contributed by atoms with Gasteiger partial charge in [-0.3, -0.25) is 0 Å². The molecule has 2 aromatic heterocycles.